The van der Waals surface area contributed by atoms with Crippen LogP contribution in [-0.2, 0) is 9.59 Å². The smallest absolute Gasteiger partial charge is 0.329 e. The summed E-state index contributed by atoms with van der Waals surface area (Å²) in [6.07, 6.45) is 0. The van der Waals surface area contributed by atoms with E-state index in [1.165, 1.54) is 24.8 Å². The summed E-state index contributed by atoms with van der Waals surface area (Å²) >= 11 is 11.9. The first kappa shape index (κ1) is 14.0. The number of benzene rings is 1. The Bertz CT molecular complexity index is 572. The van der Waals surface area contributed by atoms with E-state index < -0.39 is 11.5 Å². The summed E-state index contributed by atoms with van der Waals surface area (Å²) in [5.41, 5.74) is -0.369. The first-order valence-corrected chi connectivity index (χ1v) is 6.30. The molecule has 1 heterocycles. The fourth-order valence-corrected chi connectivity index (χ4v) is 2.28. The molecule has 1 aromatic carbocycles. The standard InChI is InChI=1S/C12H12Cl2N2O3/c1-12(2,11(18)19)16-9-4-7(14)6(13)3-8(9)15-5-10(16)17/h3-4,15H,5H2,1-2H3,(H,18,19). The maximum absolute atomic E-state index is 12.0. The van der Waals surface area contributed by atoms with Crippen LogP contribution in [0.25, 0.3) is 0 Å². The molecule has 1 amide bonds. The zero-order valence-electron chi connectivity index (χ0n) is 10.3. The first-order chi connectivity index (χ1) is 8.75. The minimum Gasteiger partial charge on any atom is -0.480 e. The van der Waals surface area contributed by atoms with Gasteiger partial charge in [0.2, 0.25) is 5.91 Å². The van der Waals surface area contributed by atoms with Gasteiger partial charge >= 0.3 is 5.97 Å². The molecule has 0 radical (unpaired) electrons. The van der Waals surface area contributed by atoms with Gasteiger partial charge in [0.05, 0.1) is 28.0 Å². The highest BCUT2D eigenvalue weighted by molar-refractivity contribution is 6.42. The average molecular weight is 303 g/mol. The highest BCUT2D eigenvalue weighted by atomic mass is 35.5. The lowest BCUT2D eigenvalue weighted by atomic mass is 9.99. The number of aliphatic carboxylic acids is 1. The van der Waals surface area contributed by atoms with Crippen LogP contribution in [0.5, 0.6) is 0 Å². The molecule has 2 N–H and O–H groups in total. The molecule has 0 fully saturated rings. The van der Waals surface area contributed by atoms with Crippen molar-refractivity contribution in [3.63, 3.8) is 0 Å². The summed E-state index contributed by atoms with van der Waals surface area (Å²) in [5, 5.41) is 12.8. The number of carbonyl (C=O) groups is 2. The van der Waals surface area contributed by atoms with Crippen molar-refractivity contribution in [1.82, 2.24) is 0 Å². The maximum Gasteiger partial charge on any atom is 0.329 e. The number of carbonyl (C=O) groups excluding carboxylic acids is 1. The second-order valence-electron chi connectivity index (χ2n) is 4.73. The lowest BCUT2D eigenvalue weighted by Crippen LogP contribution is -2.56. The van der Waals surface area contributed by atoms with Crippen LogP contribution in [0.3, 0.4) is 0 Å². The number of hydrogen-bond acceptors (Lipinski definition) is 3. The fraction of sp³-hybridized carbons (Fsp3) is 0.333. The van der Waals surface area contributed by atoms with Gasteiger partial charge in [-0.25, -0.2) is 4.79 Å². The first-order valence-electron chi connectivity index (χ1n) is 5.54. The number of fused-ring (bicyclic) bond motifs is 1. The van der Waals surface area contributed by atoms with E-state index >= 15 is 0 Å². The monoisotopic (exact) mass is 302 g/mol. The van der Waals surface area contributed by atoms with Crippen LogP contribution >= 0.6 is 23.2 Å². The highest BCUT2D eigenvalue weighted by Gasteiger charge is 2.41. The number of nitrogens with zero attached hydrogens (tertiary/aromatic N) is 1. The SMILES string of the molecule is CC(C)(C(=O)O)N1C(=O)CNc2cc(Cl)c(Cl)cc21. The molecular formula is C12H12Cl2N2O3. The van der Waals surface area contributed by atoms with Crippen molar-refractivity contribution in [2.24, 2.45) is 0 Å². The highest BCUT2D eigenvalue weighted by Crippen LogP contribution is 2.39. The second kappa shape index (κ2) is 4.58. The van der Waals surface area contributed by atoms with E-state index in [1.54, 1.807) is 6.07 Å². The van der Waals surface area contributed by atoms with Gasteiger partial charge in [-0.1, -0.05) is 23.2 Å². The van der Waals surface area contributed by atoms with Crippen molar-refractivity contribution in [2.45, 2.75) is 19.4 Å². The van der Waals surface area contributed by atoms with E-state index in [2.05, 4.69) is 5.32 Å². The normalized spacial score (nSPS) is 14.9. The number of nitrogens with one attached hydrogen (secondary N) is 1. The van der Waals surface area contributed by atoms with Gasteiger partial charge in [0.15, 0.2) is 0 Å². The summed E-state index contributed by atoms with van der Waals surface area (Å²) in [5.74, 6) is -1.43. The van der Waals surface area contributed by atoms with Crippen LogP contribution in [0.15, 0.2) is 12.1 Å². The third kappa shape index (κ3) is 2.24. The molecule has 1 aliphatic rings. The molecule has 19 heavy (non-hydrogen) atoms. The number of carboxylic acids is 1. The zero-order valence-corrected chi connectivity index (χ0v) is 11.8. The Hall–Kier alpha value is -1.46. The molecule has 0 bridgehead atoms. The van der Waals surface area contributed by atoms with E-state index in [4.69, 9.17) is 23.2 Å². The Labute approximate surface area is 120 Å². The maximum atomic E-state index is 12.0. The molecule has 0 atom stereocenters. The predicted molar refractivity (Wildman–Crippen MR) is 74.2 cm³/mol. The van der Waals surface area contributed by atoms with Crippen molar-refractivity contribution in [2.75, 3.05) is 16.8 Å². The van der Waals surface area contributed by atoms with Gasteiger partial charge in [-0.15, -0.1) is 0 Å². The van der Waals surface area contributed by atoms with Crippen LogP contribution in [0.4, 0.5) is 11.4 Å². The Morgan fingerprint density at radius 3 is 2.53 bits per heavy atom. The van der Waals surface area contributed by atoms with E-state index in [-0.39, 0.29) is 17.5 Å². The zero-order chi connectivity index (χ0) is 14.4. The molecule has 102 valence electrons. The molecule has 0 saturated carbocycles. The van der Waals surface area contributed by atoms with Crippen LogP contribution < -0.4 is 10.2 Å². The summed E-state index contributed by atoms with van der Waals surface area (Å²) < 4.78 is 0. The van der Waals surface area contributed by atoms with Crippen LogP contribution in [0, 0.1) is 0 Å². The number of carboxylic acid groups (broad SMARTS) is 1. The molecular weight excluding hydrogens is 291 g/mol. The molecule has 0 saturated heterocycles. The molecule has 1 aliphatic heterocycles. The van der Waals surface area contributed by atoms with E-state index in [1.807, 2.05) is 0 Å². The molecule has 0 aromatic heterocycles. The topological polar surface area (TPSA) is 69.6 Å². The van der Waals surface area contributed by atoms with Crippen LogP contribution in [0.1, 0.15) is 13.8 Å². The van der Waals surface area contributed by atoms with Crippen molar-refractivity contribution in [1.29, 1.82) is 0 Å². The molecule has 1 aromatic rings. The summed E-state index contributed by atoms with van der Waals surface area (Å²) in [6.45, 7) is 2.94. The number of anilines is 2. The molecule has 7 heteroatoms. The lowest BCUT2D eigenvalue weighted by Gasteiger charge is -2.39. The number of amides is 1. The quantitative estimate of drug-likeness (QED) is 0.881. The number of halogens is 2. The van der Waals surface area contributed by atoms with Gasteiger partial charge in [-0.3, -0.25) is 9.69 Å². The molecule has 5 nitrogen and oxygen atoms in total. The van der Waals surface area contributed by atoms with Crippen LogP contribution in [-0.4, -0.2) is 29.1 Å². The van der Waals surface area contributed by atoms with Gasteiger partial charge in [-0.05, 0) is 26.0 Å². The minimum atomic E-state index is -1.37. The lowest BCUT2D eigenvalue weighted by molar-refractivity contribution is -0.143. The van der Waals surface area contributed by atoms with Gasteiger partial charge in [0.1, 0.15) is 5.54 Å². The minimum absolute atomic E-state index is 0.0155. The molecule has 2 rings (SSSR count). The predicted octanol–water partition coefficient (Wildman–Crippen LogP) is 2.62. The Morgan fingerprint density at radius 1 is 1.37 bits per heavy atom. The fourth-order valence-electron chi connectivity index (χ4n) is 1.96. The van der Waals surface area contributed by atoms with Crippen molar-refractivity contribution >= 4 is 46.5 Å². The van der Waals surface area contributed by atoms with Crippen LogP contribution in [0.2, 0.25) is 10.0 Å². The summed E-state index contributed by atoms with van der Waals surface area (Å²) in [4.78, 5) is 24.6. The number of rotatable bonds is 2. The van der Waals surface area contributed by atoms with Crippen molar-refractivity contribution < 1.29 is 14.7 Å². The van der Waals surface area contributed by atoms with E-state index in [0.717, 1.165) is 0 Å². The van der Waals surface area contributed by atoms with Gasteiger partial charge in [0.25, 0.3) is 0 Å². The van der Waals surface area contributed by atoms with E-state index in [0.29, 0.717) is 16.4 Å². The third-order valence-electron chi connectivity index (χ3n) is 3.04. The van der Waals surface area contributed by atoms with Crippen molar-refractivity contribution in [3.8, 4) is 0 Å². The number of hydrogen-bond donors (Lipinski definition) is 2. The van der Waals surface area contributed by atoms with Crippen molar-refractivity contribution in [3.05, 3.63) is 22.2 Å². The Balaban J connectivity index is 2.61. The second-order valence-corrected chi connectivity index (χ2v) is 5.54. The van der Waals surface area contributed by atoms with Gasteiger partial charge in [0, 0.05) is 0 Å². The van der Waals surface area contributed by atoms with E-state index in [9.17, 15) is 14.7 Å². The molecule has 0 aliphatic carbocycles. The summed E-state index contributed by atoms with van der Waals surface area (Å²) in [6, 6.07) is 3.07. The molecule has 0 spiro atoms. The molecule has 0 unspecified atom stereocenters. The third-order valence-corrected chi connectivity index (χ3v) is 3.76. The average Bonchev–Trinajstić information content (AvgIpc) is 2.30. The van der Waals surface area contributed by atoms with Gasteiger partial charge < -0.3 is 10.4 Å². The van der Waals surface area contributed by atoms with Gasteiger partial charge in [-0.2, -0.15) is 0 Å². The Morgan fingerprint density at radius 2 is 1.95 bits per heavy atom. The Kier molecular flexibility index (Phi) is 3.36. The largest absolute Gasteiger partial charge is 0.480 e. The summed E-state index contributed by atoms with van der Waals surface area (Å²) in [7, 11) is 0.